The number of aryl methyl sites for hydroxylation is 1. The van der Waals surface area contributed by atoms with Gasteiger partial charge in [0.1, 0.15) is 0 Å². The summed E-state index contributed by atoms with van der Waals surface area (Å²) in [5.41, 5.74) is 1.92. The van der Waals surface area contributed by atoms with Crippen molar-refractivity contribution in [1.29, 1.82) is 0 Å². The SMILES string of the molecule is Cc1ncsc1CCOc1ccc(C(F)(F)F)cn1. The second kappa shape index (κ2) is 5.56. The smallest absolute Gasteiger partial charge is 0.417 e. The zero-order valence-electron chi connectivity index (χ0n) is 10.1. The Bertz CT molecular complexity index is 537. The molecule has 0 aliphatic carbocycles. The molecule has 0 aliphatic heterocycles. The van der Waals surface area contributed by atoms with E-state index in [4.69, 9.17) is 4.74 Å². The van der Waals surface area contributed by atoms with Gasteiger partial charge in [-0.1, -0.05) is 0 Å². The number of hydrogen-bond acceptors (Lipinski definition) is 4. The predicted molar refractivity (Wildman–Crippen MR) is 65.3 cm³/mol. The molecule has 2 aromatic rings. The number of rotatable bonds is 4. The van der Waals surface area contributed by atoms with Crippen molar-refractivity contribution in [3.05, 3.63) is 40.0 Å². The van der Waals surface area contributed by atoms with Crippen molar-refractivity contribution in [2.45, 2.75) is 19.5 Å². The Morgan fingerprint density at radius 2 is 2.05 bits per heavy atom. The first kappa shape index (κ1) is 13.8. The molecule has 0 spiro atoms. The zero-order chi connectivity index (χ0) is 13.9. The molecular weight excluding hydrogens is 277 g/mol. The summed E-state index contributed by atoms with van der Waals surface area (Å²) in [4.78, 5) is 8.84. The van der Waals surface area contributed by atoms with E-state index in [0.29, 0.717) is 13.0 Å². The molecule has 0 saturated heterocycles. The highest BCUT2D eigenvalue weighted by Gasteiger charge is 2.30. The second-order valence-corrected chi connectivity index (χ2v) is 4.78. The van der Waals surface area contributed by atoms with Crippen LogP contribution in [0.5, 0.6) is 5.88 Å². The standard InChI is InChI=1S/C12H11F3N2OS/c1-8-10(19-7-17-8)4-5-18-11-3-2-9(6-16-11)12(13,14)15/h2-3,6-7H,4-5H2,1H3. The molecule has 2 heterocycles. The van der Waals surface area contributed by atoms with Gasteiger partial charge in [-0.25, -0.2) is 9.97 Å². The fourth-order valence-corrected chi connectivity index (χ4v) is 2.21. The van der Waals surface area contributed by atoms with Crippen LogP contribution in [0, 0.1) is 6.92 Å². The third-order valence-corrected chi connectivity index (χ3v) is 3.48. The van der Waals surface area contributed by atoms with Crippen molar-refractivity contribution >= 4 is 11.3 Å². The van der Waals surface area contributed by atoms with Gasteiger partial charge in [0, 0.05) is 23.6 Å². The van der Waals surface area contributed by atoms with Crippen molar-refractivity contribution in [2.75, 3.05) is 6.61 Å². The molecule has 0 radical (unpaired) electrons. The predicted octanol–water partition coefficient (Wildman–Crippen LogP) is 3.49. The molecule has 0 saturated carbocycles. The van der Waals surface area contributed by atoms with Crippen LogP contribution in [-0.2, 0) is 12.6 Å². The molecule has 0 N–H and O–H groups in total. The Labute approximate surface area is 112 Å². The summed E-state index contributed by atoms with van der Waals surface area (Å²) in [6.45, 7) is 2.27. The van der Waals surface area contributed by atoms with Crippen LogP contribution in [-0.4, -0.2) is 16.6 Å². The summed E-state index contributed by atoms with van der Waals surface area (Å²) in [5, 5.41) is 0. The Morgan fingerprint density at radius 1 is 1.26 bits per heavy atom. The van der Waals surface area contributed by atoms with E-state index < -0.39 is 11.7 Å². The van der Waals surface area contributed by atoms with Crippen LogP contribution in [0.15, 0.2) is 23.8 Å². The molecular formula is C12H11F3N2OS. The molecule has 0 fully saturated rings. The molecule has 7 heteroatoms. The zero-order valence-corrected chi connectivity index (χ0v) is 10.9. The topological polar surface area (TPSA) is 35.0 Å². The molecule has 0 amide bonds. The lowest BCUT2D eigenvalue weighted by atomic mass is 10.3. The minimum atomic E-state index is -4.37. The van der Waals surface area contributed by atoms with Crippen LogP contribution in [0.1, 0.15) is 16.1 Å². The van der Waals surface area contributed by atoms with E-state index >= 15 is 0 Å². The Balaban J connectivity index is 1.89. The first-order chi connectivity index (χ1) is 8.97. The fraction of sp³-hybridized carbons (Fsp3) is 0.333. The maximum atomic E-state index is 12.3. The van der Waals surface area contributed by atoms with E-state index in [-0.39, 0.29) is 5.88 Å². The third kappa shape index (κ3) is 3.66. The minimum Gasteiger partial charge on any atom is -0.477 e. The molecule has 102 valence electrons. The molecule has 2 rings (SSSR count). The molecule has 0 atom stereocenters. The van der Waals surface area contributed by atoms with E-state index in [1.807, 2.05) is 6.92 Å². The Kier molecular flexibility index (Phi) is 4.04. The van der Waals surface area contributed by atoms with Gasteiger partial charge < -0.3 is 4.74 Å². The third-order valence-electron chi connectivity index (χ3n) is 2.49. The average molecular weight is 288 g/mol. The van der Waals surface area contributed by atoms with Gasteiger partial charge >= 0.3 is 6.18 Å². The number of ether oxygens (including phenoxy) is 1. The Hall–Kier alpha value is -1.63. The summed E-state index contributed by atoms with van der Waals surface area (Å²) >= 11 is 1.53. The first-order valence-electron chi connectivity index (χ1n) is 5.52. The highest BCUT2D eigenvalue weighted by molar-refractivity contribution is 7.09. The summed E-state index contributed by atoms with van der Waals surface area (Å²) < 4.78 is 42.2. The van der Waals surface area contributed by atoms with Gasteiger partial charge in [0.05, 0.1) is 23.4 Å². The van der Waals surface area contributed by atoms with Gasteiger partial charge in [-0.05, 0) is 13.0 Å². The number of nitrogens with zero attached hydrogens (tertiary/aromatic N) is 2. The maximum absolute atomic E-state index is 12.3. The quantitative estimate of drug-likeness (QED) is 0.864. The van der Waals surface area contributed by atoms with Crippen LogP contribution < -0.4 is 4.74 Å². The number of aromatic nitrogens is 2. The summed E-state index contributed by atoms with van der Waals surface area (Å²) in [6.07, 6.45) is -2.93. The van der Waals surface area contributed by atoms with Crippen LogP contribution >= 0.6 is 11.3 Å². The van der Waals surface area contributed by atoms with Crippen molar-refractivity contribution < 1.29 is 17.9 Å². The highest BCUT2D eigenvalue weighted by Crippen LogP contribution is 2.29. The fourth-order valence-electron chi connectivity index (χ4n) is 1.45. The molecule has 0 bridgehead atoms. The van der Waals surface area contributed by atoms with Gasteiger partial charge in [-0.2, -0.15) is 13.2 Å². The van der Waals surface area contributed by atoms with Crippen molar-refractivity contribution in [1.82, 2.24) is 9.97 Å². The lowest BCUT2D eigenvalue weighted by Gasteiger charge is -2.08. The lowest BCUT2D eigenvalue weighted by molar-refractivity contribution is -0.137. The Morgan fingerprint density at radius 3 is 2.58 bits per heavy atom. The van der Waals surface area contributed by atoms with Gasteiger partial charge in [0.25, 0.3) is 0 Å². The lowest BCUT2D eigenvalue weighted by Crippen LogP contribution is -2.07. The normalized spacial score (nSPS) is 11.6. The number of hydrogen-bond donors (Lipinski definition) is 0. The van der Waals surface area contributed by atoms with Gasteiger partial charge in [-0.15, -0.1) is 11.3 Å². The molecule has 0 aliphatic rings. The molecule has 2 aromatic heterocycles. The van der Waals surface area contributed by atoms with Crippen LogP contribution in [0.2, 0.25) is 0 Å². The number of thiazole rings is 1. The van der Waals surface area contributed by atoms with Gasteiger partial charge in [0.2, 0.25) is 5.88 Å². The average Bonchev–Trinajstić information content (AvgIpc) is 2.75. The largest absolute Gasteiger partial charge is 0.477 e. The maximum Gasteiger partial charge on any atom is 0.417 e. The first-order valence-corrected chi connectivity index (χ1v) is 6.40. The summed E-state index contributed by atoms with van der Waals surface area (Å²) in [5.74, 6) is 0.190. The number of alkyl halides is 3. The van der Waals surface area contributed by atoms with Crippen LogP contribution in [0.3, 0.4) is 0 Å². The monoisotopic (exact) mass is 288 g/mol. The van der Waals surface area contributed by atoms with Gasteiger partial charge in [-0.3, -0.25) is 0 Å². The van der Waals surface area contributed by atoms with Gasteiger partial charge in [0.15, 0.2) is 0 Å². The molecule has 3 nitrogen and oxygen atoms in total. The summed E-state index contributed by atoms with van der Waals surface area (Å²) in [7, 11) is 0. The van der Waals surface area contributed by atoms with Crippen molar-refractivity contribution in [3.8, 4) is 5.88 Å². The number of pyridine rings is 1. The van der Waals surface area contributed by atoms with Crippen molar-refractivity contribution in [2.24, 2.45) is 0 Å². The van der Waals surface area contributed by atoms with Crippen LogP contribution in [0.4, 0.5) is 13.2 Å². The molecule has 0 aromatic carbocycles. The van der Waals surface area contributed by atoms with E-state index in [2.05, 4.69) is 9.97 Å². The van der Waals surface area contributed by atoms with Crippen LogP contribution in [0.25, 0.3) is 0 Å². The minimum absolute atomic E-state index is 0.190. The van der Waals surface area contributed by atoms with E-state index in [0.717, 1.165) is 22.8 Å². The van der Waals surface area contributed by atoms with E-state index in [1.165, 1.54) is 17.4 Å². The van der Waals surface area contributed by atoms with Crippen molar-refractivity contribution in [3.63, 3.8) is 0 Å². The summed E-state index contributed by atoms with van der Waals surface area (Å²) in [6, 6.07) is 2.18. The molecule has 0 unspecified atom stereocenters. The van der Waals surface area contributed by atoms with E-state index in [9.17, 15) is 13.2 Å². The second-order valence-electron chi connectivity index (χ2n) is 3.84. The highest BCUT2D eigenvalue weighted by atomic mass is 32.1. The van der Waals surface area contributed by atoms with E-state index in [1.54, 1.807) is 5.51 Å². The number of halogens is 3. The molecule has 19 heavy (non-hydrogen) atoms.